The Morgan fingerprint density at radius 3 is 3.00 bits per heavy atom. The number of benzene rings is 1. The zero-order valence-corrected chi connectivity index (χ0v) is 9.53. The third kappa shape index (κ3) is 2.32. The van der Waals surface area contributed by atoms with Crippen LogP contribution in [0, 0.1) is 18.3 Å². The van der Waals surface area contributed by atoms with E-state index in [1.807, 2.05) is 0 Å². The van der Waals surface area contributed by atoms with E-state index in [4.69, 9.17) is 11.0 Å². The van der Waals surface area contributed by atoms with Crippen molar-refractivity contribution < 1.29 is 0 Å². The molecule has 1 atom stereocenters. The van der Waals surface area contributed by atoms with E-state index in [2.05, 4.69) is 37.3 Å². The van der Waals surface area contributed by atoms with E-state index in [9.17, 15) is 0 Å². The van der Waals surface area contributed by atoms with Gasteiger partial charge in [0.25, 0.3) is 0 Å². The zero-order chi connectivity index (χ0) is 11.5. The van der Waals surface area contributed by atoms with E-state index < -0.39 is 0 Å². The summed E-state index contributed by atoms with van der Waals surface area (Å²) in [6.45, 7) is 2.12. The monoisotopic (exact) mass is 212 g/mol. The highest BCUT2D eigenvalue weighted by Crippen LogP contribution is 2.26. The third-order valence-electron chi connectivity index (χ3n) is 3.02. The molecule has 0 unspecified atom stereocenters. The number of hydrogen-bond acceptors (Lipinski definition) is 2. The summed E-state index contributed by atoms with van der Waals surface area (Å²) < 4.78 is 0. The lowest BCUT2D eigenvalue weighted by molar-refractivity contribution is 0.763. The topological polar surface area (TPSA) is 49.8 Å². The Bertz CT molecular complexity index is 466. The molecule has 2 N–H and O–H groups in total. The molecule has 2 rings (SSSR count). The second-order valence-electron chi connectivity index (χ2n) is 4.44. The van der Waals surface area contributed by atoms with E-state index in [1.54, 1.807) is 0 Å². The van der Waals surface area contributed by atoms with Crippen molar-refractivity contribution in [2.24, 2.45) is 5.73 Å². The van der Waals surface area contributed by atoms with Gasteiger partial charge < -0.3 is 5.73 Å². The highest BCUT2D eigenvalue weighted by molar-refractivity contribution is 5.60. The molecule has 1 aliphatic rings. The van der Waals surface area contributed by atoms with Gasteiger partial charge in [-0.05, 0) is 37.3 Å². The standard InChI is InChI=1S/C14H16N2/c1-10-2-4-13-7-11(8-14(16)9-15)3-5-12(13)6-10/h2,4,6-7,14H,3,5,8,16H2,1H3/t14-/m0/s1. The van der Waals surface area contributed by atoms with E-state index in [-0.39, 0.29) is 6.04 Å². The lowest BCUT2D eigenvalue weighted by Gasteiger charge is -2.17. The molecular weight excluding hydrogens is 196 g/mol. The number of nitrogens with zero attached hydrogens (tertiary/aromatic N) is 1. The zero-order valence-electron chi connectivity index (χ0n) is 9.53. The summed E-state index contributed by atoms with van der Waals surface area (Å²) in [7, 11) is 0. The Morgan fingerprint density at radius 2 is 2.25 bits per heavy atom. The second kappa shape index (κ2) is 4.51. The molecule has 0 aromatic heterocycles. The fraction of sp³-hybridized carbons (Fsp3) is 0.357. The van der Waals surface area contributed by atoms with Gasteiger partial charge in [-0.1, -0.05) is 35.4 Å². The minimum atomic E-state index is -0.363. The summed E-state index contributed by atoms with van der Waals surface area (Å²) in [4.78, 5) is 0. The summed E-state index contributed by atoms with van der Waals surface area (Å²) in [5, 5.41) is 8.69. The van der Waals surface area contributed by atoms with Gasteiger partial charge in [-0.25, -0.2) is 0 Å². The maximum atomic E-state index is 8.69. The SMILES string of the molecule is Cc1ccc2c(c1)CCC(C[C@H](N)C#N)=C2. The van der Waals surface area contributed by atoms with Crippen molar-refractivity contribution in [1.29, 1.82) is 5.26 Å². The van der Waals surface area contributed by atoms with Gasteiger partial charge in [0.05, 0.1) is 12.1 Å². The predicted octanol–water partition coefficient (Wildman–Crippen LogP) is 2.57. The van der Waals surface area contributed by atoms with Crippen LogP contribution in [0.25, 0.3) is 6.08 Å². The van der Waals surface area contributed by atoms with Crippen molar-refractivity contribution in [3.63, 3.8) is 0 Å². The smallest absolute Gasteiger partial charge is 0.0965 e. The number of nitriles is 1. The highest BCUT2D eigenvalue weighted by Gasteiger charge is 2.12. The fourth-order valence-electron chi connectivity index (χ4n) is 2.17. The van der Waals surface area contributed by atoms with Crippen molar-refractivity contribution in [2.45, 2.75) is 32.2 Å². The average molecular weight is 212 g/mol. The maximum absolute atomic E-state index is 8.69. The molecule has 0 aliphatic heterocycles. The summed E-state index contributed by atoms with van der Waals surface area (Å²) in [5.74, 6) is 0. The van der Waals surface area contributed by atoms with Crippen LogP contribution in [0.4, 0.5) is 0 Å². The van der Waals surface area contributed by atoms with Crippen molar-refractivity contribution >= 4 is 6.08 Å². The lowest BCUT2D eigenvalue weighted by Crippen LogP contribution is -2.18. The minimum Gasteiger partial charge on any atom is -0.316 e. The van der Waals surface area contributed by atoms with E-state index in [0.29, 0.717) is 6.42 Å². The molecule has 82 valence electrons. The Morgan fingerprint density at radius 1 is 1.44 bits per heavy atom. The first-order valence-electron chi connectivity index (χ1n) is 5.63. The Kier molecular flexibility index (Phi) is 3.07. The van der Waals surface area contributed by atoms with Crippen LogP contribution < -0.4 is 5.73 Å². The number of hydrogen-bond donors (Lipinski definition) is 1. The molecule has 0 radical (unpaired) electrons. The molecule has 2 nitrogen and oxygen atoms in total. The van der Waals surface area contributed by atoms with Gasteiger partial charge in [-0.15, -0.1) is 0 Å². The highest BCUT2D eigenvalue weighted by atomic mass is 14.6. The van der Waals surface area contributed by atoms with Crippen LogP contribution in [-0.4, -0.2) is 6.04 Å². The quantitative estimate of drug-likeness (QED) is 0.819. The van der Waals surface area contributed by atoms with Gasteiger partial charge in [0, 0.05) is 0 Å². The largest absolute Gasteiger partial charge is 0.316 e. The molecule has 16 heavy (non-hydrogen) atoms. The number of fused-ring (bicyclic) bond motifs is 1. The normalized spacial score (nSPS) is 15.9. The third-order valence-corrected chi connectivity index (χ3v) is 3.02. The lowest BCUT2D eigenvalue weighted by atomic mass is 9.88. The number of aryl methyl sites for hydroxylation is 2. The molecule has 2 heteroatoms. The first-order valence-corrected chi connectivity index (χ1v) is 5.63. The molecule has 0 fully saturated rings. The van der Waals surface area contributed by atoms with Crippen molar-refractivity contribution in [3.05, 3.63) is 40.5 Å². The molecule has 0 saturated carbocycles. The van der Waals surface area contributed by atoms with Crippen LogP contribution in [0.3, 0.4) is 0 Å². The summed E-state index contributed by atoms with van der Waals surface area (Å²) >= 11 is 0. The molecule has 0 amide bonds. The van der Waals surface area contributed by atoms with Crippen LogP contribution in [-0.2, 0) is 6.42 Å². The van der Waals surface area contributed by atoms with Gasteiger partial charge in [-0.2, -0.15) is 5.26 Å². The van der Waals surface area contributed by atoms with Crippen LogP contribution >= 0.6 is 0 Å². The van der Waals surface area contributed by atoms with Crippen LogP contribution in [0.15, 0.2) is 23.8 Å². The molecule has 1 aliphatic carbocycles. The van der Waals surface area contributed by atoms with E-state index in [1.165, 1.54) is 22.3 Å². The molecule has 1 aromatic rings. The molecular formula is C14H16N2. The number of nitrogens with two attached hydrogens (primary N) is 1. The van der Waals surface area contributed by atoms with Gasteiger partial charge in [0.1, 0.15) is 0 Å². The van der Waals surface area contributed by atoms with E-state index in [0.717, 1.165) is 12.8 Å². The number of rotatable bonds is 2. The minimum absolute atomic E-state index is 0.363. The Labute approximate surface area is 96.4 Å². The Hall–Kier alpha value is -1.59. The van der Waals surface area contributed by atoms with Crippen LogP contribution in [0.5, 0.6) is 0 Å². The predicted molar refractivity (Wildman–Crippen MR) is 65.7 cm³/mol. The van der Waals surface area contributed by atoms with Crippen LogP contribution in [0.1, 0.15) is 29.5 Å². The molecule has 0 spiro atoms. The van der Waals surface area contributed by atoms with Crippen molar-refractivity contribution in [1.82, 2.24) is 0 Å². The summed E-state index contributed by atoms with van der Waals surface area (Å²) in [6.07, 6.45) is 4.99. The molecule has 0 saturated heterocycles. The molecule has 0 heterocycles. The summed E-state index contributed by atoms with van der Waals surface area (Å²) in [5.41, 5.74) is 11.0. The van der Waals surface area contributed by atoms with Crippen molar-refractivity contribution in [2.75, 3.05) is 0 Å². The first kappa shape index (κ1) is 10.9. The van der Waals surface area contributed by atoms with Gasteiger partial charge in [0.15, 0.2) is 0 Å². The van der Waals surface area contributed by atoms with Crippen molar-refractivity contribution in [3.8, 4) is 6.07 Å². The summed E-state index contributed by atoms with van der Waals surface area (Å²) in [6, 6.07) is 8.24. The maximum Gasteiger partial charge on any atom is 0.0965 e. The van der Waals surface area contributed by atoms with Gasteiger partial charge in [-0.3, -0.25) is 0 Å². The second-order valence-corrected chi connectivity index (χ2v) is 4.44. The Balaban J connectivity index is 2.22. The average Bonchev–Trinajstić information content (AvgIpc) is 2.29. The van der Waals surface area contributed by atoms with Gasteiger partial charge in [0.2, 0.25) is 0 Å². The molecule has 1 aromatic carbocycles. The first-order chi connectivity index (χ1) is 7.69. The molecule has 0 bridgehead atoms. The van der Waals surface area contributed by atoms with Gasteiger partial charge >= 0.3 is 0 Å². The van der Waals surface area contributed by atoms with Crippen LogP contribution in [0.2, 0.25) is 0 Å². The van der Waals surface area contributed by atoms with E-state index >= 15 is 0 Å². The fourth-order valence-corrected chi connectivity index (χ4v) is 2.17.